The van der Waals surface area contributed by atoms with Gasteiger partial charge >= 0.3 is 0 Å². The molecule has 0 radical (unpaired) electrons. The molecule has 1 aromatic rings. The van der Waals surface area contributed by atoms with Crippen LogP contribution >= 0.6 is 11.3 Å². The fourth-order valence-electron chi connectivity index (χ4n) is 1.84. The summed E-state index contributed by atoms with van der Waals surface area (Å²) in [5.41, 5.74) is 6.84. The minimum absolute atomic E-state index is 0.185. The van der Waals surface area contributed by atoms with Crippen LogP contribution in [0.15, 0.2) is 11.4 Å². The molecule has 0 aromatic carbocycles. The summed E-state index contributed by atoms with van der Waals surface area (Å²) in [5, 5.41) is 9.54. The molecule has 1 aromatic heterocycles. The minimum atomic E-state index is 0.185. The lowest BCUT2D eigenvalue weighted by Gasteiger charge is -2.33. The molecule has 0 amide bonds. The maximum absolute atomic E-state index is 7.42. The van der Waals surface area contributed by atoms with E-state index in [2.05, 4.69) is 18.4 Å². The molecule has 1 aliphatic heterocycles. The fourth-order valence-corrected chi connectivity index (χ4v) is 2.80. The van der Waals surface area contributed by atoms with Gasteiger partial charge < -0.3 is 10.6 Å². The van der Waals surface area contributed by atoms with Crippen LogP contribution in [0.4, 0.5) is 0 Å². The molecule has 3 N–H and O–H groups in total. The second-order valence-corrected chi connectivity index (χ2v) is 4.30. The lowest BCUT2D eigenvalue weighted by Crippen LogP contribution is -2.42. The first kappa shape index (κ1) is 8.56. The minimum Gasteiger partial charge on any atom is -0.370 e. The van der Waals surface area contributed by atoms with E-state index >= 15 is 0 Å². The zero-order valence-electron chi connectivity index (χ0n) is 7.58. The molecule has 1 aliphatic rings. The molecule has 0 saturated carbocycles. The summed E-state index contributed by atoms with van der Waals surface area (Å²) in [4.78, 5) is 3.39. The van der Waals surface area contributed by atoms with Gasteiger partial charge in [-0.3, -0.25) is 5.41 Å². The Morgan fingerprint density at radius 2 is 2.54 bits per heavy atom. The maximum Gasteiger partial charge on any atom is 0.188 e. The molecular weight excluding hydrogens is 182 g/mol. The van der Waals surface area contributed by atoms with Crippen LogP contribution in [0.2, 0.25) is 0 Å². The van der Waals surface area contributed by atoms with Gasteiger partial charge in [0.15, 0.2) is 5.96 Å². The quantitative estimate of drug-likeness (QED) is 0.487. The van der Waals surface area contributed by atoms with Gasteiger partial charge in [0, 0.05) is 11.4 Å². The summed E-state index contributed by atoms with van der Waals surface area (Å²) in [5.74, 6) is 0.185. The van der Waals surface area contributed by atoms with Crippen molar-refractivity contribution in [1.82, 2.24) is 4.90 Å². The predicted octanol–water partition coefficient (Wildman–Crippen LogP) is 1.56. The van der Waals surface area contributed by atoms with Crippen molar-refractivity contribution in [3.63, 3.8) is 0 Å². The van der Waals surface area contributed by atoms with E-state index in [0.717, 1.165) is 13.0 Å². The van der Waals surface area contributed by atoms with Gasteiger partial charge in [0.25, 0.3) is 0 Å². The monoisotopic (exact) mass is 195 g/mol. The second-order valence-electron chi connectivity index (χ2n) is 3.30. The van der Waals surface area contributed by atoms with E-state index < -0.39 is 0 Å². The number of nitrogens with one attached hydrogen (secondary N) is 1. The van der Waals surface area contributed by atoms with Crippen LogP contribution in [0.25, 0.3) is 0 Å². The molecule has 1 unspecified atom stereocenters. The molecule has 0 spiro atoms. The van der Waals surface area contributed by atoms with E-state index in [1.54, 1.807) is 11.3 Å². The average Bonchev–Trinajstić information content (AvgIpc) is 2.52. The summed E-state index contributed by atoms with van der Waals surface area (Å²) in [7, 11) is 0. The molecule has 0 bridgehead atoms. The van der Waals surface area contributed by atoms with Gasteiger partial charge in [-0.05, 0) is 30.4 Å². The molecule has 3 nitrogen and oxygen atoms in total. The topological polar surface area (TPSA) is 53.1 Å². The van der Waals surface area contributed by atoms with Gasteiger partial charge in [-0.15, -0.1) is 11.3 Å². The normalized spacial score (nSPS) is 21.3. The largest absolute Gasteiger partial charge is 0.370 e. The molecule has 1 atom stereocenters. The average molecular weight is 195 g/mol. The summed E-state index contributed by atoms with van der Waals surface area (Å²) in [6.45, 7) is 2.98. The summed E-state index contributed by atoms with van der Waals surface area (Å²) < 4.78 is 0. The van der Waals surface area contributed by atoms with Gasteiger partial charge in [0.05, 0.1) is 6.04 Å². The molecular formula is C9H13N3S. The Morgan fingerprint density at radius 3 is 3.23 bits per heavy atom. The smallest absolute Gasteiger partial charge is 0.188 e. The molecule has 2 rings (SSSR count). The van der Waals surface area contributed by atoms with Gasteiger partial charge in [-0.2, -0.15) is 0 Å². The van der Waals surface area contributed by atoms with Crippen molar-refractivity contribution in [2.75, 3.05) is 6.54 Å². The number of fused-ring (bicyclic) bond motifs is 1. The van der Waals surface area contributed by atoms with Gasteiger partial charge in [0.2, 0.25) is 0 Å². The number of thiophene rings is 1. The SMILES string of the molecule is CC1c2ccsc2CCN1C(=N)N. The molecule has 2 heterocycles. The van der Waals surface area contributed by atoms with E-state index in [0.29, 0.717) is 0 Å². The Morgan fingerprint density at radius 1 is 1.77 bits per heavy atom. The van der Waals surface area contributed by atoms with E-state index in [-0.39, 0.29) is 12.0 Å². The van der Waals surface area contributed by atoms with E-state index in [1.165, 1.54) is 10.4 Å². The predicted molar refractivity (Wildman–Crippen MR) is 55.1 cm³/mol. The number of nitrogens with two attached hydrogens (primary N) is 1. The number of guanidine groups is 1. The molecule has 13 heavy (non-hydrogen) atoms. The van der Waals surface area contributed by atoms with Crippen molar-refractivity contribution in [3.05, 3.63) is 21.9 Å². The number of rotatable bonds is 0. The Labute approximate surface area is 81.7 Å². The van der Waals surface area contributed by atoms with Crippen LogP contribution in [0.5, 0.6) is 0 Å². The zero-order valence-corrected chi connectivity index (χ0v) is 8.40. The van der Waals surface area contributed by atoms with Crippen LogP contribution < -0.4 is 5.73 Å². The first-order valence-electron chi connectivity index (χ1n) is 4.37. The van der Waals surface area contributed by atoms with Crippen LogP contribution in [0.3, 0.4) is 0 Å². The van der Waals surface area contributed by atoms with Crippen LogP contribution in [-0.2, 0) is 6.42 Å². The molecule has 70 valence electrons. The van der Waals surface area contributed by atoms with Gasteiger partial charge in [0.1, 0.15) is 0 Å². The highest BCUT2D eigenvalue weighted by Gasteiger charge is 2.24. The van der Waals surface area contributed by atoms with Crippen molar-refractivity contribution < 1.29 is 0 Å². The first-order chi connectivity index (χ1) is 6.20. The third-order valence-corrected chi connectivity index (χ3v) is 3.58. The number of hydrogen-bond donors (Lipinski definition) is 2. The molecule has 0 fully saturated rings. The third kappa shape index (κ3) is 1.31. The van der Waals surface area contributed by atoms with E-state index in [4.69, 9.17) is 11.1 Å². The standard InChI is InChI=1S/C9H13N3S/c1-6-7-3-5-13-8(7)2-4-12(6)9(10)11/h3,5-6H,2,4H2,1H3,(H3,10,11). The fraction of sp³-hybridized carbons (Fsp3) is 0.444. The number of nitrogens with zero attached hydrogens (tertiary/aromatic N) is 1. The lowest BCUT2D eigenvalue weighted by atomic mass is 10.0. The summed E-state index contributed by atoms with van der Waals surface area (Å²) in [6.07, 6.45) is 1.02. The van der Waals surface area contributed by atoms with Crippen molar-refractivity contribution in [2.24, 2.45) is 5.73 Å². The highest BCUT2D eigenvalue weighted by Crippen LogP contribution is 2.32. The zero-order chi connectivity index (χ0) is 9.42. The summed E-state index contributed by atoms with van der Waals surface area (Å²) >= 11 is 1.80. The lowest BCUT2D eigenvalue weighted by molar-refractivity contribution is 0.316. The van der Waals surface area contributed by atoms with Crippen LogP contribution in [-0.4, -0.2) is 17.4 Å². The molecule has 4 heteroatoms. The van der Waals surface area contributed by atoms with Crippen molar-refractivity contribution >= 4 is 17.3 Å². The highest BCUT2D eigenvalue weighted by molar-refractivity contribution is 7.10. The number of hydrogen-bond acceptors (Lipinski definition) is 2. The van der Waals surface area contributed by atoms with Crippen LogP contribution in [0, 0.1) is 5.41 Å². The Kier molecular flexibility index (Phi) is 2.00. The Balaban J connectivity index is 2.32. The van der Waals surface area contributed by atoms with Gasteiger partial charge in [-0.1, -0.05) is 0 Å². The molecule has 0 saturated heterocycles. The van der Waals surface area contributed by atoms with Crippen molar-refractivity contribution in [1.29, 1.82) is 5.41 Å². The third-order valence-electron chi connectivity index (χ3n) is 2.59. The van der Waals surface area contributed by atoms with Crippen LogP contribution in [0.1, 0.15) is 23.4 Å². The van der Waals surface area contributed by atoms with Crippen molar-refractivity contribution in [2.45, 2.75) is 19.4 Å². The second kappa shape index (κ2) is 3.03. The Bertz CT molecular complexity index is 331. The van der Waals surface area contributed by atoms with E-state index in [9.17, 15) is 0 Å². The summed E-state index contributed by atoms with van der Waals surface area (Å²) in [6, 6.07) is 2.41. The van der Waals surface area contributed by atoms with Crippen molar-refractivity contribution in [3.8, 4) is 0 Å². The maximum atomic E-state index is 7.42. The molecule has 0 aliphatic carbocycles. The first-order valence-corrected chi connectivity index (χ1v) is 5.25. The Hall–Kier alpha value is -1.03. The highest BCUT2D eigenvalue weighted by atomic mass is 32.1. The van der Waals surface area contributed by atoms with E-state index in [1.807, 2.05) is 4.90 Å². The van der Waals surface area contributed by atoms with Gasteiger partial charge in [-0.25, -0.2) is 0 Å².